The van der Waals surface area contributed by atoms with Crippen LogP contribution in [0.3, 0.4) is 0 Å². The second-order valence-corrected chi connectivity index (χ2v) is 7.93. The third-order valence-corrected chi connectivity index (χ3v) is 5.30. The minimum atomic E-state index is -3.47. The summed E-state index contributed by atoms with van der Waals surface area (Å²) < 4.78 is 26.4. The Morgan fingerprint density at radius 1 is 1.39 bits per heavy atom. The topological polar surface area (TPSA) is 70.6 Å². The second-order valence-electron chi connectivity index (χ2n) is 5.36. The Morgan fingerprint density at radius 3 is 2.67 bits per heavy atom. The lowest BCUT2D eigenvalue weighted by Gasteiger charge is -2.26. The molecule has 1 aliphatic rings. The van der Waals surface area contributed by atoms with Crippen LogP contribution in [-0.4, -0.2) is 20.4 Å². The number of fused-ring (bicyclic) bond motifs is 1. The zero-order chi connectivity index (χ0) is 13.6. The van der Waals surface area contributed by atoms with E-state index in [1.54, 1.807) is 11.4 Å². The molecular formula is C11H17N3O2S2. The molecule has 18 heavy (non-hydrogen) atoms. The van der Waals surface area contributed by atoms with Crippen LogP contribution in [0.25, 0.3) is 0 Å². The van der Waals surface area contributed by atoms with Crippen molar-refractivity contribution in [1.82, 2.24) is 4.72 Å². The van der Waals surface area contributed by atoms with Gasteiger partial charge in [-0.1, -0.05) is 20.8 Å². The van der Waals surface area contributed by atoms with Gasteiger partial charge in [-0.05, 0) is 23.8 Å². The number of hydrogen-bond acceptors (Lipinski definition) is 4. The maximum Gasteiger partial charge on any atom is 0.267 e. The van der Waals surface area contributed by atoms with Crippen LogP contribution in [0.2, 0.25) is 0 Å². The molecule has 0 saturated carbocycles. The number of aliphatic imine (C=N–C) groups is 1. The molecule has 1 atom stereocenters. The Kier molecular flexibility index (Phi) is 3.14. The monoisotopic (exact) mass is 287 g/mol. The van der Waals surface area contributed by atoms with E-state index in [0.29, 0.717) is 11.0 Å². The fraction of sp³-hybridized carbons (Fsp3) is 0.545. The summed E-state index contributed by atoms with van der Waals surface area (Å²) in [5.41, 5.74) is -0.0180. The van der Waals surface area contributed by atoms with Crippen LogP contribution >= 0.6 is 11.3 Å². The van der Waals surface area contributed by atoms with Crippen molar-refractivity contribution in [2.45, 2.75) is 38.6 Å². The number of hydrogen-bond donors (Lipinski definition) is 2. The van der Waals surface area contributed by atoms with E-state index in [1.807, 2.05) is 6.92 Å². The second kappa shape index (κ2) is 4.24. The highest BCUT2D eigenvalue weighted by atomic mass is 32.2. The van der Waals surface area contributed by atoms with Gasteiger partial charge in [0.2, 0.25) is 5.96 Å². The molecule has 1 aliphatic heterocycles. The van der Waals surface area contributed by atoms with Crippen molar-refractivity contribution in [3.05, 3.63) is 11.4 Å². The maximum atomic E-state index is 12.0. The fourth-order valence-electron chi connectivity index (χ4n) is 1.36. The van der Waals surface area contributed by atoms with Crippen LogP contribution in [0, 0.1) is 5.41 Å². The van der Waals surface area contributed by atoms with Crippen LogP contribution < -0.4 is 10.0 Å². The molecule has 2 heterocycles. The highest BCUT2D eigenvalue weighted by Gasteiger charge is 2.29. The first-order chi connectivity index (χ1) is 8.20. The van der Waals surface area contributed by atoms with Gasteiger partial charge in [0.15, 0.2) is 0 Å². The first-order valence-electron chi connectivity index (χ1n) is 5.65. The van der Waals surface area contributed by atoms with Gasteiger partial charge in [0.05, 0.1) is 6.04 Å². The van der Waals surface area contributed by atoms with Crippen molar-refractivity contribution in [3.8, 4) is 0 Å². The molecule has 1 aromatic heterocycles. The van der Waals surface area contributed by atoms with Crippen molar-refractivity contribution in [2.75, 3.05) is 5.32 Å². The molecule has 0 amide bonds. The summed E-state index contributed by atoms with van der Waals surface area (Å²) in [4.78, 5) is 4.69. The molecule has 0 aromatic carbocycles. The highest BCUT2D eigenvalue weighted by Crippen LogP contribution is 2.30. The first-order valence-corrected chi connectivity index (χ1v) is 8.01. The number of nitrogens with zero attached hydrogens (tertiary/aromatic N) is 1. The molecule has 0 saturated heterocycles. The lowest BCUT2D eigenvalue weighted by atomic mass is 9.89. The maximum absolute atomic E-state index is 12.0. The van der Waals surface area contributed by atoms with E-state index in [0.717, 1.165) is 0 Å². The van der Waals surface area contributed by atoms with E-state index >= 15 is 0 Å². The molecule has 2 rings (SSSR count). The predicted octanol–water partition coefficient (Wildman–Crippen LogP) is 2.24. The van der Waals surface area contributed by atoms with E-state index in [-0.39, 0.29) is 16.4 Å². The van der Waals surface area contributed by atoms with Crippen molar-refractivity contribution in [2.24, 2.45) is 10.4 Å². The van der Waals surface area contributed by atoms with Gasteiger partial charge in [-0.2, -0.15) is 0 Å². The molecule has 0 spiro atoms. The molecule has 7 heteroatoms. The smallest absolute Gasteiger partial charge is 0.267 e. The largest absolute Gasteiger partial charge is 0.316 e. The Labute approximate surface area is 111 Å². The Morgan fingerprint density at radius 2 is 2.06 bits per heavy atom. The third kappa shape index (κ3) is 2.51. The first kappa shape index (κ1) is 13.4. The average Bonchev–Trinajstić information content (AvgIpc) is 2.63. The Hall–Kier alpha value is -1.08. The number of sulfonamides is 1. The molecule has 5 nitrogen and oxygen atoms in total. The van der Waals surface area contributed by atoms with Crippen LogP contribution in [0.1, 0.15) is 27.7 Å². The standard InChI is InChI=1S/C11H17N3O2S2/c1-7(11(2,3)4)12-10-13-9-8(5-6-17-9)18(15,16)14-10/h5-7H,1-4H3,(H2,12,13,14). The van der Waals surface area contributed by atoms with E-state index in [1.165, 1.54) is 11.3 Å². The Bertz CT molecular complexity index is 582. The van der Waals surface area contributed by atoms with E-state index in [2.05, 4.69) is 35.8 Å². The van der Waals surface area contributed by atoms with Gasteiger partial charge in [0.1, 0.15) is 9.90 Å². The number of thiophene rings is 1. The Balaban J connectivity index is 2.34. The molecule has 0 radical (unpaired) electrons. The molecule has 0 aliphatic carbocycles. The highest BCUT2D eigenvalue weighted by molar-refractivity contribution is 7.90. The van der Waals surface area contributed by atoms with E-state index in [4.69, 9.17) is 0 Å². The average molecular weight is 287 g/mol. The van der Waals surface area contributed by atoms with E-state index in [9.17, 15) is 8.42 Å². The summed E-state index contributed by atoms with van der Waals surface area (Å²) in [6.07, 6.45) is 0. The zero-order valence-corrected chi connectivity index (χ0v) is 12.4. The van der Waals surface area contributed by atoms with Crippen molar-refractivity contribution in [3.63, 3.8) is 0 Å². The lowest BCUT2D eigenvalue weighted by Crippen LogP contribution is -2.41. The minimum Gasteiger partial charge on any atom is -0.316 e. The number of guanidine groups is 1. The van der Waals surface area contributed by atoms with Crippen molar-refractivity contribution < 1.29 is 8.42 Å². The van der Waals surface area contributed by atoms with Crippen LogP contribution in [0.4, 0.5) is 5.00 Å². The predicted molar refractivity (Wildman–Crippen MR) is 74.6 cm³/mol. The minimum absolute atomic E-state index is 0.00390. The lowest BCUT2D eigenvalue weighted by molar-refractivity contribution is 0.341. The normalized spacial score (nSPS) is 21.9. The molecular weight excluding hydrogens is 270 g/mol. The quantitative estimate of drug-likeness (QED) is 0.832. The molecule has 2 N–H and O–H groups in total. The number of anilines is 1. The summed E-state index contributed by atoms with van der Waals surface area (Å²) >= 11 is 1.35. The van der Waals surface area contributed by atoms with Crippen LogP contribution in [0.15, 0.2) is 21.3 Å². The van der Waals surface area contributed by atoms with Gasteiger partial charge in [-0.25, -0.2) is 18.1 Å². The third-order valence-electron chi connectivity index (χ3n) is 2.96. The van der Waals surface area contributed by atoms with Gasteiger partial charge in [0, 0.05) is 0 Å². The molecule has 1 unspecified atom stereocenters. The summed E-state index contributed by atoms with van der Waals surface area (Å²) in [7, 11) is -3.47. The summed E-state index contributed by atoms with van der Waals surface area (Å²) in [5, 5.41) is 5.38. The van der Waals surface area contributed by atoms with Gasteiger partial charge < -0.3 is 5.32 Å². The van der Waals surface area contributed by atoms with Gasteiger partial charge >= 0.3 is 0 Å². The SMILES string of the molecule is CC(N=C1Nc2sccc2S(=O)(=O)N1)C(C)(C)C. The fourth-order valence-corrected chi connectivity index (χ4v) is 3.61. The summed E-state index contributed by atoms with van der Waals surface area (Å²) in [6.45, 7) is 8.16. The van der Waals surface area contributed by atoms with Crippen LogP contribution in [0.5, 0.6) is 0 Å². The van der Waals surface area contributed by atoms with Crippen LogP contribution in [-0.2, 0) is 10.0 Å². The summed E-state index contributed by atoms with van der Waals surface area (Å²) in [5.74, 6) is 0.298. The zero-order valence-electron chi connectivity index (χ0n) is 10.8. The molecule has 0 bridgehead atoms. The molecule has 0 fully saturated rings. The van der Waals surface area contributed by atoms with E-state index < -0.39 is 10.0 Å². The van der Waals surface area contributed by atoms with Gasteiger partial charge in [-0.15, -0.1) is 11.3 Å². The number of rotatable bonds is 1. The van der Waals surface area contributed by atoms with Crippen molar-refractivity contribution in [1.29, 1.82) is 0 Å². The van der Waals surface area contributed by atoms with Gasteiger partial charge in [0.25, 0.3) is 10.0 Å². The summed E-state index contributed by atoms with van der Waals surface area (Å²) in [6, 6.07) is 1.59. The molecule has 100 valence electrons. The molecule has 1 aromatic rings. The van der Waals surface area contributed by atoms with Crippen molar-refractivity contribution >= 4 is 32.3 Å². The number of nitrogens with one attached hydrogen (secondary N) is 2. The van der Waals surface area contributed by atoms with Gasteiger partial charge in [-0.3, -0.25) is 0 Å².